The minimum absolute atomic E-state index is 0.0605. The monoisotopic (exact) mass is 590 g/mol. The lowest BCUT2D eigenvalue weighted by molar-refractivity contribution is 0.0953. The largest absolute Gasteiger partial charge is 0.352 e. The van der Waals surface area contributed by atoms with Crippen LogP contribution in [0.4, 0.5) is 4.39 Å². The van der Waals surface area contributed by atoms with Gasteiger partial charge in [0.15, 0.2) is 0 Å². The van der Waals surface area contributed by atoms with E-state index in [1.165, 1.54) is 18.2 Å². The number of aromatic amines is 1. The normalized spacial score (nSPS) is 11.4. The second kappa shape index (κ2) is 11.3. The van der Waals surface area contributed by atoms with E-state index in [2.05, 4.69) is 35.9 Å². The van der Waals surface area contributed by atoms with E-state index < -0.39 is 15.8 Å². The van der Waals surface area contributed by atoms with Crippen LogP contribution in [0.2, 0.25) is 5.02 Å². The van der Waals surface area contributed by atoms with Gasteiger partial charge in [-0.15, -0.1) is 0 Å². The SMILES string of the molecule is O=C(NCCCNS(=O)(=O)c1cc(-c2nc(-c3ccc(Br)c(F)c3)c[nH]2)ccc1Cl)c1ccccc1. The molecule has 0 unspecified atom stereocenters. The summed E-state index contributed by atoms with van der Waals surface area (Å²) in [6, 6.07) is 18.0. The number of nitrogens with zero attached hydrogens (tertiary/aromatic N) is 1. The third-order valence-corrected chi connectivity index (χ3v) is 7.84. The molecular weight excluding hydrogens is 571 g/mol. The Labute approximate surface area is 221 Å². The van der Waals surface area contributed by atoms with Gasteiger partial charge in [-0.25, -0.2) is 22.5 Å². The molecule has 0 aliphatic heterocycles. The first-order chi connectivity index (χ1) is 17.2. The van der Waals surface area contributed by atoms with Crippen molar-refractivity contribution in [3.63, 3.8) is 0 Å². The number of rotatable bonds is 9. The maximum absolute atomic E-state index is 13.9. The Morgan fingerprint density at radius 3 is 2.53 bits per heavy atom. The maximum atomic E-state index is 13.9. The Morgan fingerprint density at radius 2 is 1.78 bits per heavy atom. The number of hydrogen-bond acceptors (Lipinski definition) is 4. The van der Waals surface area contributed by atoms with Crippen LogP contribution in [0.5, 0.6) is 0 Å². The van der Waals surface area contributed by atoms with E-state index in [9.17, 15) is 17.6 Å². The highest BCUT2D eigenvalue weighted by atomic mass is 79.9. The topological polar surface area (TPSA) is 104 Å². The van der Waals surface area contributed by atoms with Crippen molar-refractivity contribution < 1.29 is 17.6 Å². The smallest absolute Gasteiger partial charge is 0.251 e. The highest BCUT2D eigenvalue weighted by Crippen LogP contribution is 2.29. The number of hydrogen-bond donors (Lipinski definition) is 3. The second-order valence-corrected chi connectivity index (χ2v) is 10.8. The van der Waals surface area contributed by atoms with Gasteiger partial charge in [-0.05, 0) is 64.8 Å². The number of halogens is 3. The molecule has 0 fully saturated rings. The molecule has 0 aliphatic rings. The zero-order valence-corrected chi connectivity index (χ0v) is 21.9. The molecule has 0 spiro atoms. The fraction of sp³-hybridized carbons (Fsp3) is 0.120. The summed E-state index contributed by atoms with van der Waals surface area (Å²) in [5.41, 5.74) is 2.11. The quantitative estimate of drug-likeness (QED) is 0.227. The van der Waals surface area contributed by atoms with E-state index in [1.54, 1.807) is 48.7 Å². The van der Waals surface area contributed by atoms with Gasteiger partial charge in [0.05, 0.1) is 15.2 Å². The maximum Gasteiger partial charge on any atom is 0.251 e. The van der Waals surface area contributed by atoms with Crippen LogP contribution in [0, 0.1) is 5.82 Å². The van der Waals surface area contributed by atoms with E-state index in [4.69, 9.17) is 11.6 Å². The van der Waals surface area contributed by atoms with Gasteiger partial charge in [-0.3, -0.25) is 4.79 Å². The van der Waals surface area contributed by atoms with Crippen molar-refractivity contribution in [2.45, 2.75) is 11.3 Å². The van der Waals surface area contributed by atoms with Crippen LogP contribution in [0.1, 0.15) is 16.8 Å². The summed E-state index contributed by atoms with van der Waals surface area (Å²) in [6.07, 6.45) is 2.00. The van der Waals surface area contributed by atoms with Gasteiger partial charge in [0.2, 0.25) is 10.0 Å². The lowest BCUT2D eigenvalue weighted by Crippen LogP contribution is -2.30. The first-order valence-corrected chi connectivity index (χ1v) is 13.5. The predicted molar refractivity (Wildman–Crippen MR) is 141 cm³/mol. The highest BCUT2D eigenvalue weighted by Gasteiger charge is 2.19. The molecule has 0 saturated carbocycles. The fourth-order valence-electron chi connectivity index (χ4n) is 3.40. The van der Waals surface area contributed by atoms with Crippen LogP contribution < -0.4 is 10.0 Å². The first kappa shape index (κ1) is 26.0. The molecule has 11 heteroatoms. The van der Waals surface area contributed by atoms with Gasteiger partial charge in [0.1, 0.15) is 16.5 Å². The summed E-state index contributed by atoms with van der Waals surface area (Å²) in [5, 5.41) is 2.81. The van der Waals surface area contributed by atoms with Crippen molar-refractivity contribution in [3.8, 4) is 22.6 Å². The summed E-state index contributed by atoms with van der Waals surface area (Å²) in [7, 11) is -3.92. The average Bonchev–Trinajstić information content (AvgIpc) is 3.36. The Balaban J connectivity index is 1.41. The Kier molecular flexibility index (Phi) is 8.20. The fourth-order valence-corrected chi connectivity index (χ4v) is 5.24. The number of sulfonamides is 1. The highest BCUT2D eigenvalue weighted by molar-refractivity contribution is 9.10. The van der Waals surface area contributed by atoms with Gasteiger partial charge in [-0.1, -0.05) is 35.9 Å². The van der Waals surface area contributed by atoms with Crippen molar-refractivity contribution in [2.24, 2.45) is 0 Å². The van der Waals surface area contributed by atoms with Gasteiger partial charge in [0.25, 0.3) is 5.91 Å². The zero-order valence-electron chi connectivity index (χ0n) is 18.8. The summed E-state index contributed by atoms with van der Waals surface area (Å²) in [5.74, 6) is -0.231. The van der Waals surface area contributed by atoms with Crippen molar-refractivity contribution >= 4 is 43.5 Å². The molecule has 0 aliphatic carbocycles. The van der Waals surface area contributed by atoms with Crippen LogP contribution in [0.3, 0.4) is 0 Å². The van der Waals surface area contributed by atoms with Gasteiger partial charge in [-0.2, -0.15) is 0 Å². The third-order valence-electron chi connectivity index (χ3n) is 5.25. The van der Waals surface area contributed by atoms with E-state index >= 15 is 0 Å². The molecule has 4 rings (SSSR count). The van der Waals surface area contributed by atoms with Crippen molar-refractivity contribution in [1.82, 2.24) is 20.0 Å². The zero-order chi connectivity index (χ0) is 25.7. The molecule has 1 amide bonds. The van der Waals surface area contributed by atoms with Gasteiger partial charge in [0, 0.05) is 36.0 Å². The van der Waals surface area contributed by atoms with Crippen LogP contribution in [-0.2, 0) is 10.0 Å². The van der Waals surface area contributed by atoms with Crippen LogP contribution >= 0.6 is 27.5 Å². The van der Waals surface area contributed by atoms with E-state index in [0.717, 1.165) is 0 Å². The lowest BCUT2D eigenvalue weighted by atomic mass is 10.2. The Morgan fingerprint density at radius 1 is 1.03 bits per heavy atom. The van der Waals surface area contributed by atoms with E-state index in [1.807, 2.05) is 6.07 Å². The van der Waals surface area contributed by atoms with E-state index in [-0.39, 0.29) is 22.4 Å². The molecule has 36 heavy (non-hydrogen) atoms. The van der Waals surface area contributed by atoms with Gasteiger partial charge < -0.3 is 10.3 Å². The molecule has 3 N–H and O–H groups in total. The van der Waals surface area contributed by atoms with Crippen LogP contribution in [0.25, 0.3) is 22.6 Å². The summed E-state index contributed by atoms with van der Waals surface area (Å²) in [6.45, 7) is 0.411. The number of nitrogens with one attached hydrogen (secondary N) is 3. The summed E-state index contributed by atoms with van der Waals surface area (Å²) < 4.78 is 42.5. The number of carbonyl (C=O) groups excluding carboxylic acids is 1. The standard InChI is InChI=1S/C25H21BrClFN4O3S/c26-19-9-7-17(13-21(19)28)22-15-30-24(32-22)18-8-10-20(27)23(14-18)36(34,35)31-12-4-11-29-25(33)16-5-2-1-3-6-16/h1-3,5-10,13-15,31H,4,11-12H2,(H,29,33)(H,30,32). The molecule has 0 bridgehead atoms. The summed E-state index contributed by atoms with van der Waals surface area (Å²) >= 11 is 9.32. The second-order valence-electron chi connectivity index (χ2n) is 7.78. The van der Waals surface area contributed by atoms with Crippen molar-refractivity contribution in [3.05, 3.63) is 93.8 Å². The number of carbonyl (C=O) groups is 1. The van der Waals surface area contributed by atoms with Gasteiger partial charge >= 0.3 is 0 Å². The van der Waals surface area contributed by atoms with Crippen molar-refractivity contribution in [2.75, 3.05) is 13.1 Å². The molecule has 0 saturated heterocycles. The molecule has 186 valence electrons. The number of benzene rings is 3. The molecule has 1 aromatic heterocycles. The Hall–Kier alpha value is -3.05. The molecule has 0 radical (unpaired) electrons. The van der Waals surface area contributed by atoms with Crippen molar-refractivity contribution in [1.29, 1.82) is 0 Å². The van der Waals surface area contributed by atoms with E-state index in [0.29, 0.717) is 45.6 Å². The van der Waals surface area contributed by atoms with Crippen LogP contribution in [0.15, 0.2) is 82.3 Å². The molecule has 1 heterocycles. The number of H-pyrrole nitrogens is 1. The molecular formula is C25H21BrClFN4O3S. The lowest BCUT2D eigenvalue weighted by Gasteiger charge is -2.10. The number of aromatic nitrogens is 2. The van der Waals surface area contributed by atoms with Crippen LogP contribution in [-0.4, -0.2) is 37.4 Å². The summed E-state index contributed by atoms with van der Waals surface area (Å²) in [4.78, 5) is 19.4. The predicted octanol–water partition coefficient (Wildman–Crippen LogP) is 5.40. The minimum atomic E-state index is -3.92. The number of imidazole rings is 1. The molecule has 4 aromatic rings. The molecule has 3 aromatic carbocycles. The Bertz CT molecular complexity index is 1500. The first-order valence-electron chi connectivity index (χ1n) is 10.9. The molecule has 7 nitrogen and oxygen atoms in total. The third kappa shape index (κ3) is 6.19. The number of amides is 1. The average molecular weight is 592 g/mol. The minimum Gasteiger partial charge on any atom is -0.352 e. The molecule has 0 atom stereocenters.